The number of rotatable bonds is 4. The second kappa shape index (κ2) is 8.17. The first kappa shape index (κ1) is 17.6. The van der Waals surface area contributed by atoms with Crippen LogP contribution in [0.5, 0.6) is 0 Å². The lowest BCUT2D eigenvalue weighted by molar-refractivity contribution is -0.917. The predicted molar refractivity (Wildman–Crippen MR) is 88.8 cm³/mol. The zero-order valence-corrected chi connectivity index (χ0v) is 14.2. The number of carbonyl (C=O) groups is 2. The Morgan fingerprint density at radius 1 is 1.39 bits per heavy atom. The molecule has 1 aromatic rings. The smallest absolute Gasteiger partial charge is 0.410 e. The van der Waals surface area contributed by atoms with Crippen molar-refractivity contribution in [2.75, 3.05) is 38.1 Å². The molecule has 6 nitrogen and oxygen atoms in total. The van der Waals surface area contributed by atoms with Gasteiger partial charge in [0, 0.05) is 10.7 Å². The molecule has 2 amide bonds. The van der Waals surface area contributed by atoms with Gasteiger partial charge in [-0.25, -0.2) is 4.79 Å². The van der Waals surface area contributed by atoms with Crippen LogP contribution in [-0.2, 0) is 9.53 Å². The lowest BCUT2D eigenvalue weighted by atomic mass is 10.2. The van der Waals surface area contributed by atoms with E-state index in [1.807, 2.05) is 13.0 Å². The third kappa shape index (κ3) is 4.84. The number of hydrogen-bond donors (Lipinski definition) is 2. The third-order valence-electron chi connectivity index (χ3n) is 4.03. The highest BCUT2D eigenvalue weighted by molar-refractivity contribution is 6.30. The molecular formula is C16H23ClN3O3+. The normalized spacial score (nSPS) is 16.7. The highest BCUT2D eigenvalue weighted by Crippen LogP contribution is 2.14. The molecule has 0 bridgehead atoms. The van der Waals surface area contributed by atoms with Crippen LogP contribution in [0, 0.1) is 0 Å². The minimum absolute atomic E-state index is 0.0492. The second-order valence-electron chi connectivity index (χ2n) is 5.57. The molecule has 23 heavy (non-hydrogen) atoms. The minimum atomic E-state index is -0.275. The van der Waals surface area contributed by atoms with Gasteiger partial charge in [0.25, 0.3) is 5.91 Å². The summed E-state index contributed by atoms with van der Waals surface area (Å²) in [6.45, 7) is 6.72. The molecule has 2 N–H and O–H groups in total. The molecule has 1 aliphatic rings. The fourth-order valence-electron chi connectivity index (χ4n) is 2.63. The van der Waals surface area contributed by atoms with Gasteiger partial charge in [-0.15, -0.1) is 0 Å². The molecule has 0 aliphatic carbocycles. The van der Waals surface area contributed by atoms with E-state index in [9.17, 15) is 9.59 Å². The minimum Gasteiger partial charge on any atom is -0.450 e. The Morgan fingerprint density at radius 2 is 2.09 bits per heavy atom. The fraction of sp³-hybridized carbons (Fsp3) is 0.500. The number of anilines is 1. The van der Waals surface area contributed by atoms with Gasteiger partial charge in [0.15, 0.2) is 6.04 Å². The van der Waals surface area contributed by atoms with Crippen LogP contribution in [0.1, 0.15) is 13.8 Å². The van der Waals surface area contributed by atoms with Gasteiger partial charge in [0.1, 0.15) is 0 Å². The summed E-state index contributed by atoms with van der Waals surface area (Å²) in [5.41, 5.74) is 0.693. The van der Waals surface area contributed by atoms with Crippen molar-refractivity contribution < 1.29 is 19.2 Å². The summed E-state index contributed by atoms with van der Waals surface area (Å²) in [5, 5.41) is 3.47. The van der Waals surface area contributed by atoms with Crippen molar-refractivity contribution in [3.63, 3.8) is 0 Å². The number of nitrogens with one attached hydrogen (secondary N) is 2. The summed E-state index contributed by atoms with van der Waals surface area (Å²) in [6, 6.07) is 6.90. The van der Waals surface area contributed by atoms with Gasteiger partial charge in [-0.3, -0.25) is 9.69 Å². The fourth-order valence-corrected chi connectivity index (χ4v) is 2.82. The predicted octanol–water partition coefficient (Wildman–Crippen LogP) is 1.02. The maximum absolute atomic E-state index is 12.4. The number of nitrogens with zero attached hydrogens (tertiary/aromatic N) is 1. The number of ether oxygens (including phenoxy) is 1. The van der Waals surface area contributed by atoms with Crippen LogP contribution in [0.25, 0.3) is 0 Å². The second-order valence-corrected chi connectivity index (χ2v) is 6.00. The van der Waals surface area contributed by atoms with Crippen molar-refractivity contribution in [3.05, 3.63) is 29.3 Å². The van der Waals surface area contributed by atoms with Crippen LogP contribution in [0.4, 0.5) is 10.5 Å². The molecule has 7 heteroatoms. The average Bonchev–Trinajstić information content (AvgIpc) is 2.54. The zero-order valence-electron chi connectivity index (χ0n) is 13.5. The van der Waals surface area contributed by atoms with Crippen LogP contribution in [0.3, 0.4) is 0 Å². The van der Waals surface area contributed by atoms with E-state index >= 15 is 0 Å². The molecule has 0 spiro atoms. The number of carbonyl (C=O) groups excluding carboxylic acids is 2. The van der Waals surface area contributed by atoms with Crippen molar-refractivity contribution in [2.45, 2.75) is 19.9 Å². The van der Waals surface area contributed by atoms with Gasteiger partial charge >= 0.3 is 6.09 Å². The van der Waals surface area contributed by atoms with Gasteiger partial charge in [-0.05, 0) is 32.0 Å². The van der Waals surface area contributed by atoms with Crippen molar-refractivity contribution in [1.29, 1.82) is 0 Å². The molecule has 2 rings (SSSR count). The van der Waals surface area contributed by atoms with E-state index in [1.54, 1.807) is 30.0 Å². The standard InChI is InChI=1S/C16H22ClN3O3/c1-3-23-16(22)20-9-7-19(8-10-20)12(2)15(21)18-14-6-4-5-13(17)11-14/h4-6,11-12H,3,7-10H2,1-2H3,(H,18,21)/p+1/t12-/m0/s1. The Kier molecular flexibility index (Phi) is 6.24. The van der Waals surface area contributed by atoms with Crippen molar-refractivity contribution >= 4 is 29.3 Å². The molecular weight excluding hydrogens is 318 g/mol. The van der Waals surface area contributed by atoms with E-state index in [0.29, 0.717) is 30.4 Å². The van der Waals surface area contributed by atoms with Gasteiger partial charge in [-0.2, -0.15) is 0 Å². The molecule has 1 aliphatic heterocycles. The van der Waals surface area contributed by atoms with Crippen LogP contribution < -0.4 is 10.2 Å². The zero-order chi connectivity index (χ0) is 16.8. The maximum Gasteiger partial charge on any atom is 0.410 e. The Balaban J connectivity index is 1.85. The molecule has 0 saturated carbocycles. The first-order chi connectivity index (χ1) is 11.0. The van der Waals surface area contributed by atoms with Crippen LogP contribution >= 0.6 is 11.6 Å². The molecule has 0 unspecified atom stereocenters. The SMILES string of the molecule is CCOC(=O)N1CC[NH+]([C@@H](C)C(=O)Nc2cccc(Cl)c2)CC1. The number of piperazine rings is 1. The average molecular weight is 341 g/mol. The van der Waals surface area contributed by atoms with Gasteiger partial charge in [0.05, 0.1) is 32.8 Å². The molecule has 1 atom stereocenters. The summed E-state index contributed by atoms with van der Waals surface area (Å²) in [6.07, 6.45) is -0.275. The summed E-state index contributed by atoms with van der Waals surface area (Å²) >= 11 is 5.92. The monoisotopic (exact) mass is 340 g/mol. The van der Waals surface area contributed by atoms with Gasteiger partial charge < -0.3 is 15.0 Å². The Hall–Kier alpha value is -1.79. The van der Waals surface area contributed by atoms with Crippen LogP contribution in [0.15, 0.2) is 24.3 Å². The van der Waals surface area contributed by atoms with Crippen LogP contribution in [0.2, 0.25) is 5.02 Å². The number of halogens is 1. The van der Waals surface area contributed by atoms with Crippen molar-refractivity contribution in [3.8, 4) is 0 Å². The quantitative estimate of drug-likeness (QED) is 0.860. The Bertz CT molecular complexity index is 559. The first-order valence-corrected chi connectivity index (χ1v) is 8.21. The van der Waals surface area contributed by atoms with E-state index < -0.39 is 0 Å². The van der Waals surface area contributed by atoms with Crippen molar-refractivity contribution in [2.24, 2.45) is 0 Å². The molecule has 1 saturated heterocycles. The van der Waals surface area contributed by atoms with E-state index in [2.05, 4.69) is 5.32 Å². The number of hydrogen-bond acceptors (Lipinski definition) is 3. The molecule has 1 aromatic carbocycles. The molecule has 0 aromatic heterocycles. The summed E-state index contributed by atoms with van der Waals surface area (Å²) in [4.78, 5) is 26.9. The molecule has 1 fully saturated rings. The molecule has 126 valence electrons. The Morgan fingerprint density at radius 3 is 2.70 bits per heavy atom. The number of amides is 2. The van der Waals surface area contributed by atoms with Crippen molar-refractivity contribution in [1.82, 2.24) is 4.90 Å². The first-order valence-electron chi connectivity index (χ1n) is 7.84. The lowest BCUT2D eigenvalue weighted by Gasteiger charge is -2.34. The highest BCUT2D eigenvalue weighted by atomic mass is 35.5. The van der Waals surface area contributed by atoms with E-state index in [-0.39, 0.29) is 18.0 Å². The summed E-state index contributed by atoms with van der Waals surface area (Å²) in [5.74, 6) is -0.0492. The highest BCUT2D eigenvalue weighted by Gasteiger charge is 2.31. The maximum atomic E-state index is 12.4. The van der Waals surface area contributed by atoms with Gasteiger partial charge in [0.2, 0.25) is 0 Å². The van der Waals surface area contributed by atoms with E-state index in [4.69, 9.17) is 16.3 Å². The largest absolute Gasteiger partial charge is 0.450 e. The van der Waals surface area contributed by atoms with Gasteiger partial charge in [-0.1, -0.05) is 17.7 Å². The topological polar surface area (TPSA) is 63.1 Å². The van der Waals surface area contributed by atoms with E-state index in [1.165, 1.54) is 0 Å². The Labute approximate surface area is 141 Å². The summed E-state index contributed by atoms with van der Waals surface area (Å²) < 4.78 is 5.00. The lowest BCUT2D eigenvalue weighted by Crippen LogP contribution is -3.19. The number of quaternary nitrogens is 1. The third-order valence-corrected chi connectivity index (χ3v) is 4.26. The van der Waals surface area contributed by atoms with Crippen LogP contribution in [-0.4, -0.2) is 55.7 Å². The molecule has 0 radical (unpaired) electrons. The van der Waals surface area contributed by atoms with E-state index in [0.717, 1.165) is 18.0 Å². The molecule has 1 heterocycles. The number of benzene rings is 1. The summed E-state index contributed by atoms with van der Waals surface area (Å²) in [7, 11) is 0.